The summed E-state index contributed by atoms with van der Waals surface area (Å²) in [6, 6.07) is 13.7. The van der Waals surface area contributed by atoms with Gasteiger partial charge in [0.15, 0.2) is 0 Å². The fraction of sp³-hybridized carbons (Fsp3) is 0.483. The quantitative estimate of drug-likeness (QED) is 0.435. The van der Waals surface area contributed by atoms with Gasteiger partial charge in [-0.15, -0.1) is 0 Å². The minimum absolute atomic E-state index is 0.0104. The van der Waals surface area contributed by atoms with Crippen LogP contribution in [0.25, 0.3) is 22.4 Å². The molecule has 3 N–H and O–H groups in total. The number of imidazole rings is 1. The van der Waals surface area contributed by atoms with E-state index in [2.05, 4.69) is 29.5 Å². The predicted molar refractivity (Wildman–Crippen MR) is 139 cm³/mol. The Morgan fingerprint density at radius 1 is 0.743 bits per heavy atom. The van der Waals surface area contributed by atoms with Gasteiger partial charge in [-0.1, -0.05) is 26.0 Å². The lowest BCUT2D eigenvalue weighted by molar-refractivity contribution is 0.0915. The molecular weight excluding hydrogens is 436 g/mol. The number of H-pyrrole nitrogens is 1. The summed E-state index contributed by atoms with van der Waals surface area (Å²) < 4.78 is 0. The molecule has 0 atom stereocenters. The molecule has 0 spiro atoms. The van der Waals surface area contributed by atoms with E-state index < -0.39 is 0 Å². The zero-order valence-corrected chi connectivity index (χ0v) is 20.8. The zero-order valence-electron chi connectivity index (χ0n) is 20.8. The number of nitrogens with zero attached hydrogens (tertiary/aromatic N) is 1. The van der Waals surface area contributed by atoms with Gasteiger partial charge in [-0.25, -0.2) is 4.98 Å². The SMILES string of the molecule is CC1CCC(NC(=O)c2ccc(-c3nc4cc(C(=O)NC5CCC(C)CC5)ccc4[nH]3)cc2)CC1. The number of carbonyl (C=O) groups excluding carboxylic acids is 2. The van der Waals surface area contributed by atoms with Gasteiger partial charge in [0.2, 0.25) is 0 Å². The van der Waals surface area contributed by atoms with Crippen molar-refractivity contribution in [3.05, 3.63) is 53.6 Å². The van der Waals surface area contributed by atoms with Crippen molar-refractivity contribution in [3.63, 3.8) is 0 Å². The van der Waals surface area contributed by atoms with Crippen molar-refractivity contribution in [1.29, 1.82) is 0 Å². The highest BCUT2D eigenvalue weighted by atomic mass is 16.2. The minimum Gasteiger partial charge on any atom is -0.349 e. The molecule has 1 heterocycles. The highest BCUT2D eigenvalue weighted by Gasteiger charge is 2.22. The molecule has 2 amide bonds. The van der Waals surface area contributed by atoms with E-state index in [0.29, 0.717) is 11.1 Å². The average molecular weight is 473 g/mol. The Morgan fingerprint density at radius 3 is 1.83 bits per heavy atom. The molecule has 0 bridgehead atoms. The van der Waals surface area contributed by atoms with Gasteiger partial charge >= 0.3 is 0 Å². The second-order valence-electron chi connectivity index (χ2n) is 10.8. The molecule has 0 unspecified atom stereocenters. The van der Waals surface area contributed by atoms with Crippen LogP contribution >= 0.6 is 0 Å². The summed E-state index contributed by atoms with van der Waals surface area (Å²) in [5.41, 5.74) is 3.86. The first-order valence-electron chi connectivity index (χ1n) is 13.2. The van der Waals surface area contributed by atoms with Crippen LogP contribution in [-0.4, -0.2) is 33.9 Å². The fourth-order valence-electron chi connectivity index (χ4n) is 5.41. The van der Waals surface area contributed by atoms with E-state index in [1.807, 2.05) is 42.5 Å². The smallest absolute Gasteiger partial charge is 0.251 e. The van der Waals surface area contributed by atoms with Gasteiger partial charge in [-0.05, 0) is 93.5 Å². The van der Waals surface area contributed by atoms with Crippen LogP contribution < -0.4 is 10.6 Å². The number of nitrogens with one attached hydrogen (secondary N) is 3. The van der Waals surface area contributed by atoms with Gasteiger partial charge < -0.3 is 15.6 Å². The predicted octanol–water partition coefficient (Wildman–Crippen LogP) is 5.85. The van der Waals surface area contributed by atoms with Crippen molar-refractivity contribution in [3.8, 4) is 11.4 Å². The van der Waals surface area contributed by atoms with Gasteiger partial charge in [0.25, 0.3) is 11.8 Å². The summed E-state index contributed by atoms with van der Waals surface area (Å²) in [7, 11) is 0. The van der Waals surface area contributed by atoms with E-state index in [-0.39, 0.29) is 23.9 Å². The second kappa shape index (κ2) is 10.2. The molecule has 2 fully saturated rings. The van der Waals surface area contributed by atoms with Gasteiger partial charge in [0, 0.05) is 28.8 Å². The molecule has 35 heavy (non-hydrogen) atoms. The van der Waals surface area contributed by atoms with Crippen molar-refractivity contribution in [2.45, 2.75) is 77.3 Å². The molecule has 0 aliphatic heterocycles. The molecule has 2 aliphatic carbocycles. The lowest BCUT2D eigenvalue weighted by atomic mass is 9.87. The van der Waals surface area contributed by atoms with Crippen LogP contribution in [0, 0.1) is 11.8 Å². The lowest BCUT2D eigenvalue weighted by Gasteiger charge is -2.26. The maximum atomic E-state index is 12.8. The van der Waals surface area contributed by atoms with Crippen molar-refractivity contribution in [2.75, 3.05) is 0 Å². The van der Waals surface area contributed by atoms with E-state index in [1.165, 1.54) is 25.7 Å². The van der Waals surface area contributed by atoms with Gasteiger partial charge in [0.05, 0.1) is 11.0 Å². The van der Waals surface area contributed by atoms with Crippen LogP contribution in [0.5, 0.6) is 0 Å². The van der Waals surface area contributed by atoms with Crippen molar-refractivity contribution < 1.29 is 9.59 Å². The normalized spacial score (nSPS) is 24.7. The van der Waals surface area contributed by atoms with E-state index in [9.17, 15) is 9.59 Å². The van der Waals surface area contributed by atoms with Crippen LogP contribution in [0.3, 0.4) is 0 Å². The van der Waals surface area contributed by atoms with E-state index in [0.717, 1.165) is 59.9 Å². The summed E-state index contributed by atoms with van der Waals surface area (Å²) >= 11 is 0. The molecule has 6 nitrogen and oxygen atoms in total. The second-order valence-corrected chi connectivity index (χ2v) is 10.8. The first kappa shape index (κ1) is 23.6. The number of benzene rings is 2. The standard InChI is InChI=1S/C29H36N4O2/c1-18-3-12-23(13-4-18)30-28(34)21-9-7-20(8-10-21)27-32-25-16-11-22(17-26(25)33-27)29(35)31-24-14-5-19(2)6-15-24/h7-11,16-19,23-24H,3-6,12-15H2,1-2H3,(H,30,34)(H,31,35)(H,32,33). The minimum atomic E-state index is -0.0289. The lowest BCUT2D eigenvalue weighted by Crippen LogP contribution is -2.37. The molecule has 0 saturated heterocycles. The molecular formula is C29H36N4O2. The maximum absolute atomic E-state index is 12.8. The summed E-state index contributed by atoms with van der Waals surface area (Å²) in [4.78, 5) is 33.5. The first-order valence-corrected chi connectivity index (χ1v) is 13.2. The Kier molecular flexibility index (Phi) is 6.89. The number of rotatable bonds is 5. The molecule has 184 valence electrons. The third-order valence-electron chi connectivity index (χ3n) is 7.87. The van der Waals surface area contributed by atoms with Crippen LogP contribution in [0.4, 0.5) is 0 Å². The Bertz CT molecular complexity index is 1180. The number of hydrogen-bond acceptors (Lipinski definition) is 3. The summed E-state index contributed by atoms with van der Waals surface area (Å²) in [5, 5.41) is 6.38. The van der Waals surface area contributed by atoms with Gasteiger partial charge in [0.1, 0.15) is 5.82 Å². The summed E-state index contributed by atoms with van der Waals surface area (Å²) in [5.74, 6) is 2.21. The Labute approximate surface area is 207 Å². The Balaban J connectivity index is 1.24. The molecule has 0 radical (unpaired) electrons. The third-order valence-corrected chi connectivity index (χ3v) is 7.87. The van der Waals surface area contributed by atoms with Crippen molar-refractivity contribution >= 4 is 22.8 Å². The number of hydrogen-bond donors (Lipinski definition) is 3. The zero-order chi connectivity index (χ0) is 24.4. The maximum Gasteiger partial charge on any atom is 0.251 e. The van der Waals surface area contributed by atoms with Crippen LogP contribution in [0.1, 0.15) is 85.9 Å². The van der Waals surface area contributed by atoms with E-state index >= 15 is 0 Å². The van der Waals surface area contributed by atoms with Crippen LogP contribution in [0.15, 0.2) is 42.5 Å². The summed E-state index contributed by atoms with van der Waals surface area (Å²) in [6.07, 6.45) is 8.93. The van der Waals surface area contributed by atoms with Crippen LogP contribution in [-0.2, 0) is 0 Å². The van der Waals surface area contributed by atoms with E-state index in [4.69, 9.17) is 4.98 Å². The fourth-order valence-corrected chi connectivity index (χ4v) is 5.41. The molecule has 2 saturated carbocycles. The number of aromatic nitrogens is 2. The van der Waals surface area contributed by atoms with Gasteiger partial charge in [-0.2, -0.15) is 0 Å². The van der Waals surface area contributed by atoms with Gasteiger partial charge in [-0.3, -0.25) is 9.59 Å². The Morgan fingerprint density at radius 2 is 1.26 bits per heavy atom. The number of aromatic amines is 1. The van der Waals surface area contributed by atoms with E-state index in [1.54, 1.807) is 0 Å². The largest absolute Gasteiger partial charge is 0.349 e. The van der Waals surface area contributed by atoms with Crippen molar-refractivity contribution in [2.24, 2.45) is 11.8 Å². The molecule has 3 aromatic rings. The number of fused-ring (bicyclic) bond motifs is 1. The Hall–Kier alpha value is -3.15. The number of carbonyl (C=O) groups is 2. The highest BCUT2D eigenvalue weighted by molar-refractivity contribution is 5.98. The first-order chi connectivity index (χ1) is 16.9. The monoisotopic (exact) mass is 472 g/mol. The number of amides is 2. The molecule has 5 rings (SSSR count). The molecule has 2 aromatic carbocycles. The van der Waals surface area contributed by atoms with Crippen LogP contribution in [0.2, 0.25) is 0 Å². The highest BCUT2D eigenvalue weighted by Crippen LogP contribution is 2.26. The third kappa shape index (κ3) is 5.58. The summed E-state index contributed by atoms with van der Waals surface area (Å²) in [6.45, 7) is 4.56. The molecule has 6 heteroatoms. The molecule has 1 aromatic heterocycles. The topological polar surface area (TPSA) is 86.9 Å². The van der Waals surface area contributed by atoms with Crippen molar-refractivity contribution in [1.82, 2.24) is 20.6 Å². The molecule has 2 aliphatic rings. The average Bonchev–Trinajstić information content (AvgIpc) is 3.30.